The molecule has 118 valence electrons. The van der Waals surface area contributed by atoms with Crippen LogP contribution in [0, 0.1) is 12.3 Å². The average Bonchev–Trinajstić information content (AvgIpc) is 3.16. The number of hydrogen-bond acceptors (Lipinski definition) is 5. The van der Waals surface area contributed by atoms with Gasteiger partial charge in [0.1, 0.15) is 0 Å². The van der Waals surface area contributed by atoms with Crippen LogP contribution < -0.4 is 16.2 Å². The highest BCUT2D eigenvalue weighted by atomic mass is 32.2. The van der Waals surface area contributed by atoms with Crippen molar-refractivity contribution in [3.8, 4) is 0 Å². The number of nitrogen functional groups attached to an aromatic ring is 1. The summed E-state index contributed by atoms with van der Waals surface area (Å²) < 4.78 is 28.3. The van der Waals surface area contributed by atoms with Crippen molar-refractivity contribution in [3.63, 3.8) is 0 Å². The number of methoxy groups -OCH3 is 1. The standard InChI is InChI=1S/C14H23N3O3S/c1-10-12(7-11(15)8-13(10)21(16,18)19)17-9-14(3-4-14)5-6-20-2/h7-8,17H,3-6,9,15H2,1-2H3,(H2,16,18,19). The molecule has 0 radical (unpaired) electrons. The van der Waals surface area contributed by atoms with E-state index >= 15 is 0 Å². The fraction of sp³-hybridized carbons (Fsp3) is 0.571. The minimum Gasteiger partial charge on any atom is -0.399 e. The molecule has 0 amide bonds. The third-order valence-electron chi connectivity index (χ3n) is 4.14. The van der Waals surface area contributed by atoms with Crippen LogP contribution in [0.5, 0.6) is 0 Å². The van der Waals surface area contributed by atoms with Gasteiger partial charge in [-0.15, -0.1) is 0 Å². The van der Waals surface area contributed by atoms with Gasteiger partial charge in [-0.25, -0.2) is 13.6 Å². The molecule has 0 aromatic heterocycles. The molecule has 1 saturated carbocycles. The van der Waals surface area contributed by atoms with Crippen LogP contribution >= 0.6 is 0 Å². The number of nitrogens with two attached hydrogens (primary N) is 2. The van der Waals surface area contributed by atoms with Crippen LogP contribution in [0.2, 0.25) is 0 Å². The summed E-state index contributed by atoms with van der Waals surface area (Å²) in [6.07, 6.45) is 3.32. The molecule has 2 rings (SSSR count). The summed E-state index contributed by atoms with van der Waals surface area (Å²) in [5.74, 6) is 0. The summed E-state index contributed by atoms with van der Waals surface area (Å²) in [4.78, 5) is 0.0757. The van der Waals surface area contributed by atoms with Gasteiger partial charge in [0.15, 0.2) is 0 Å². The largest absolute Gasteiger partial charge is 0.399 e. The number of anilines is 2. The molecule has 6 nitrogen and oxygen atoms in total. The van der Waals surface area contributed by atoms with Gasteiger partial charge in [-0.3, -0.25) is 0 Å². The molecule has 21 heavy (non-hydrogen) atoms. The number of sulfonamides is 1. The topological polar surface area (TPSA) is 107 Å². The van der Waals surface area contributed by atoms with Crippen LogP contribution in [0.1, 0.15) is 24.8 Å². The highest BCUT2D eigenvalue weighted by Crippen LogP contribution is 2.48. The Labute approximate surface area is 125 Å². The second kappa shape index (κ2) is 5.82. The van der Waals surface area contributed by atoms with Crippen molar-refractivity contribution in [2.75, 3.05) is 31.3 Å². The fourth-order valence-electron chi connectivity index (χ4n) is 2.48. The maximum Gasteiger partial charge on any atom is 0.238 e. The predicted octanol–water partition coefficient (Wildman–Crippen LogP) is 1.45. The van der Waals surface area contributed by atoms with Crippen LogP contribution in [-0.2, 0) is 14.8 Å². The van der Waals surface area contributed by atoms with Gasteiger partial charge >= 0.3 is 0 Å². The molecule has 0 heterocycles. The van der Waals surface area contributed by atoms with Crippen LogP contribution in [0.4, 0.5) is 11.4 Å². The Morgan fingerprint density at radius 2 is 2.05 bits per heavy atom. The Morgan fingerprint density at radius 1 is 1.38 bits per heavy atom. The lowest BCUT2D eigenvalue weighted by molar-refractivity contribution is 0.175. The van der Waals surface area contributed by atoms with Crippen molar-refractivity contribution in [1.29, 1.82) is 0 Å². The van der Waals surface area contributed by atoms with Gasteiger partial charge < -0.3 is 15.8 Å². The zero-order chi connectivity index (χ0) is 15.7. The normalized spacial score (nSPS) is 16.7. The van der Waals surface area contributed by atoms with E-state index in [1.165, 1.54) is 6.07 Å². The molecule has 1 aliphatic rings. The molecular formula is C14H23N3O3S. The van der Waals surface area contributed by atoms with Crippen molar-refractivity contribution in [3.05, 3.63) is 17.7 Å². The van der Waals surface area contributed by atoms with Crippen molar-refractivity contribution >= 4 is 21.4 Å². The Balaban J connectivity index is 2.16. The molecule has 0 saturated heterocycles. The molecule has 0 atom stereocenters. The lowest BCUT2D eigenvalue weighted by Gasteiger charge is -2.19. The molecule has 1 aromatic carbocycles. The van der Waals surface area contributed by atoms with E-state index < -0.39 is 10.0 Å². The third kappa shape index (κ3) is 3.87. The number of primary sulfonamides is 1. The van der Waals surface area contributed by atoms with E-state index in [0.29, 0.717) is 11.3 Å². The van der Waals surface area contributed by atoms with Gasteiger partial charge in [-0.2, -0.15) is 0 Å². The third-order valence-corrected chi connectivity index (χ3v) is 5.17. The number of hydrogen-bond donors (Lipinski definition) is 3. The first-order valence-electron chi connectivity index (χ1n) is 6.93. The Kier molecular flexibility index (Phi) is 4.46. The predicted molar refractivity (Wildman–Crippen MR) is 83.6 cm³/mol. The minimum atomic E-state index is -3.77. The van der Waals surface area contributed by atoms with E-state index in [2.05, 4.69) is 5.32 Å². The number of benzene rings is 1. The van der Waals surface area contributed by atoms with E-state index in [1.807, 2.05) is 0 Å². The zero-order valence-corrected chi connectivity index (χ0v) is 13.3. The molecule has 7 heteroatoms. The summed E-state index contributed by atoms with van der Waals surface area (Å²) in [7, 11) is -2.07. The molecule has 5 N–H and O–H groups in total. The first-order valence-corrected chi connectivity index (χ1v) is 8.48. The second-order valence-electron chi connectivity index (χ2n) is 5.83. The van der Waals surface area contributed by atoms with Crippen molar-refractivity contribution < 1.29 is 13.2 Å². The van der Waals surface area contributed by atoms with Crippen LogP contribution in [0.15, 0.2) is 17.0 Å². The minimum absolute atomic E-state index is 0.0757. The first-order chi connectivity index (χ1) is 9.77. The monoisotopic (exact) mass is 313 g/mol. The second-order valence-corrected chi connectivity index (χ2v) is 7.36. The van der Waals surface area contributed by atoms with Crippen LogP contribution in [-0.4, -0.2) is 28.7 Å². The number of ether oxygens (including phenoxy) is 1. The van der Waals surface area contributed by atoms with E-state index in [4.69, 9.17) is 15.6 Å². The van der Waals surface area contributed by atoms with E-state index in [0.717, 1.165) is 38.1 Å². The van der Waals surface area contributed by atoms with Crippen molar-refractivity contribution in [2.24, 2.45) is 10.6 Å². The molecule has 0 spiro atoms. The zero-order valence-electron chi connectivity index (χ0n) is 12.5. The number of rotatable bonds is 7. The summed E-state index contributed by atoms with van der Waals surface area (Å²) in [6, 6.07) is 3.14. The van der Waals surface area contributed by atoms with Crippen LogP contribution in [0.25, 0.3) is 0 Å². The van der Waals surface area contributed by atoms with Gasteiger partial charge in [0.25, 0.3) is 0 Å². The molecule has 1 fully saturated rings. The number of nitrogens with one attached hydrogen (secondary N) is 1. The van der Waals surface area contributed by atoms with Gasteiger partial charge in [-0.05, 0) is 49.3 Å². The molecular weight excluding hydrogens is 290 g/mol. The SMILES string of the molecule is COCCC1(CNc2cc(N)cc(S(N)(=O)=O)c2C)CC1. The molecule has 0 bridgehead atoms. The highest BCUT2D eigenvalue weighted by molar-refractivity contribution is 7.89. The summed E-state index contributed by atoms with van der Waals surface area (Å²) in [6.45, 7) is 3.25. The van der Waals surface area contributed by atoms with E-state index in [1.54, 1.807) is 20.1 Å². The van der Waals surface area contributed by atoms with Gasteiger partial charge in [0.05, 0.1) is 4.90 Å². The summed E-state index contributed by atoms with van der Waals surface area (Å²) in [5, 5.41) is 8.55. The Morgan fingerprint density at radius 3 is 2.57 bits per heavy atom. The highest BCUT2D eigenvalue weighted by Gasteiger charge is 2.41. The molecule has 1 aliphatic carbocycles. The molecule has 0 aliphatic heterocycles. The summed E-state index contributed by atoms with van der Waals surface area (Å²) in [5.41, 5.74) is 7.75. The summed E-state index contributed by atoms with van der Waals surface area (Å²) >= 11 is 0. The van der Waals surface area contributed by atoms with Gasteiger partial charge in [0.2, 0.25) is 10.0 Å². The Bertz CT molecular complexity index is 625. The van der Waals surface area contributed by atoms with E-state index in [-0.39, 0.29) is 10.3 Å². The lowest BCUT2D eigenvalue weighted by atomic mass is 10.0. The lowest BCUT2D eigenvalue weighted by Crippen LogP contribution is -2.19. The average molecular weight is 313 g/mol. The van der Waals surface area contributed by atoms with Gasteiger partial charge in [0, 0.05) is 31.6 Å². The first kappa shape index (κ1) is 16.1. The van der Waals surface area contributed by atoms with Crippen LogP contribution in [0.3, 0.4) is 0 Å². The van der Waals surface area contributed by atoms with Gasteiger partial charge in [-0.1, -0.05) is 0 Å². The fourth-order valence-corrected chi connectivity index (χ4v) is 3.32. The molecule has 0 unspecified atom stereocenters. The quantitative estimate of drug-likeness (QED) is 0.660. The van der Waals surface area contributed by atoms with Crippen molar-refractivity contribution in [1.82, 2.24) is 0 Å². The smallest absolute Gasteiger partial charge is 0.238 e. The maximum atomic E-state index is 11.6. The van der Waals surface area contributed by atoms with Crippen molar-refractivity contribution in [2.45, 2.75) is 31.1 Å². The van der Waals surface area contributed by atoms with E-state index in [9.17, 15) is 8.42 Å². The molecule has 1 aromatic rings. The Hall–Kier alpha value is -1.31. The maximum absolute atomic E-state index is 11.6.